The van der Waals surface area contributed by atoms with Gasteiger partial charge in [0.05, 0.1) is 36.2 Å². The number of rotatable bonds is 8. The van der Waals surface area contributed by atoms with Gasteiger partial charge in [-0.05, 0) is 35.7 Å². The molecule has 3 aromatic rings. The predicted molar refractivity (Wildman–Crippen MR) is 105 cm³/mol. The molecule has 0 saturated heterocycles. The summed E-state index contributed by atoms with van der Waals surface area (Å²) in [6.07, 6.45) is 1.89. The molecule has 2 aromatic carbocycles. The number of nitrogens with zero attached hydrogens (tertiary/aromatic N) is 1. The number of ketones is 1. The van der Waals surface area contributed by atoms with Gasteiger partial charge in [-0.3, -0.25) is 14.3 Å². The van der Waals surface area contributed by atoms with Gasteiger partial charge in [0.1, 0.15) is 0 Å². The normalized spacial score (nSPS) is 11.3. The molecule has 0 radical (unpaired) electrons. The van der Waals surface area contributed by atoms with Gasteiger partial charge in [-0.15, -0.1) is 0 Å². The molecule has 0 fully saturated rings. The molecule has 8 heteroatoms. The Hall–Kier alpha value is -3.13. The summed E-state index contributed by atoms with van der Waals surface area (Å²) in [4.78, 5) is 23.5. The van der Waals surface area contributed by atoms with Crippen LogP contribution in [0, 0.1) is 0 Å². The van der Waals surface area contributed by atoms with Crippen molar-refractivity contribution in [3.05, 3.63) is 60.8 Å². The lowest BCUT2D eigenvalue weighted by Crippen LogP contribution is -2.13. The Labute approximate surface area is 163 Å². The van der Waals surface area contributed by atoms with Gasteiger partial charge in [-0.2, -0.15) is 0 Å². The number of benzene rings is 2. The Morgan fingerprint density at radius 3 is 2.50 bits per heavy atom. The maximum absolute atomic E-state index is 12.5. The number of fused-ring (bicyclic) bond motifs is 1. The van der Waals surface area contributed by atoms with Crippen LogP contribution in [0.1, 0.15) is 12.8 Å². The van der Waals surface area contributed by atoms with E-state index in [1.165, 1.54) is 19.2 Å². The van der Waals surface area contributed by atoms with Crippen molar-refractivity contribution in [1.29, 1.82) is 0 Å². The molecule has 0 aliphatic rings. The van der Waals surface area contributed by atoms with Crippen molar-refractivity contribution in [2.24, 2.45) is 0 Å². The Bertz CT molecular complexity index is 1100. The minimum absolute atomic E-state index is 0.0384. The van der Waals surface area contributed by atoms with Crippen LogP contribution in [-0.2, 0) is 30.9 Å². The molecule has 0 aliphatic heterocycles. The molecular weight excluding hydrogens is 380 g/mol. The minimum Gasteiger partial charge on any atom is -0.469 e. The Morgan fingerprint density at radius 1 is 1.04 bits per heavy atom. The molecule has 0 saturated carbocycles. The summed E-state index contributed by atoms with van der Waals surface area (Å²) in [5.74, 6) is -0.540. The molecular formula is C20H20N2O5S. The van der Waals surface area contributed by atoms with Crippen LogP contribution in [0.4, 0.5) is 5.69 Å². The van der Waals surface area contributed by atoms with Crippen molar-refractivity contribution in [3.63, 3.8) is 0 Å². The first-order chi connectivity index (χ1) is 13.4. The number of carbonyl (C=O) groups is 2. The van der Waals surface area contributed by atoms with E-state index in [0.29, 0.717) is 5.69 Å². The first-order valence-corrected chi connectivity index (χ1v) is 10.1. The second-order valence-electron chi connectivity index (χ2n) is 6.25. The van der Waals surface area contributed by atoms with Crippen molar-refractivity contribution in [2.45, 2.75) is 24.3 Å². The third kappa shape index (κ3) is 4.58. The van der Waals surface area contributed by atoms with Crippen LogP contribution in [0.15, 0.2) is 65.7 Å². The smallest absolute Gasteiger partial charge is 0.305 e. The third-order valence-electron chi connectivity index (χ3n) is 4.26. The van der Waals surface area contributed by atoms with E-state index in [4.69, 9.17) is 0 Å². The molecule has 0 bridgehead atoms. The number of methoxy groups -OCH3 is 1. The first kappa shape index (κ1) is 19.6. The average Bonchev–Trinajstić information content (AvgIpc) is 3.08. The highest BCUT2D eigenvalue weighted by Gasteiger charge is 2.15. The number of esters is 1. The monoisotopic (exact) mass is 400 g/mol. The van der Waals surface area contributed by atoms with Gasteiger partial charge >= 0.3 is 5.97 Å². The summed E-state index contributed by atoms with van der Waals surface area (Å²) >= 11 is 0. The Kier molecular flexibility index (Phi) is 5.79. The molecule has 28 heavy (non-hydrogen) atoms. The van der Waals surface area contributed by atoms with E-state index in [2.05, 4.69) is 9.46 Å². The zero-order valence-electron chi connectivity index (χ0n) is 15.3. The van der Waals surface area contributed by atoms with Gasteiger partial charge in [0, 0.05) is 12.6 Å². The lowest BCUT2D eigenvalue weighted by atomic mass is 10.2. The topological polar surface area (TPSA) is 94.5 Å². The maximum atomic E-state index is 12.5. The van der Waals surface area contributed by atoms with E-state index >= 15 is 0 Å². The number of sulfonamides is 1. The van der Waals surface area contributed by atoms with Gasteiger partial charge < -0.3 is 9.30 Å². The number of hydrogen-bond acceptors (Lipinski definition) is 5. The summed E-state index contributed by atoms with van der Waals surface area (Å²) < 4.78 is 33.8. The predicted octanol–water partition coefficient (Wildman–Crippen LogP) is 2.96. The zero-order chi connectivity index (χ0) is 20.1. The second-order valence-corrected chi connectivity index (χ2v) is 7.93. The highest BCUT2D eigenvalue weighted by atomic mass is 32.2. The van der Waals surface area contributed by atoms with Crippen molar-refractivity contribution < 1.29 is 22.7 Å². The Balaban J connectivity index is 1.79. The number of ether oxygens (including phenoxy) is 1. The number of carbonyl (C=O) groups excluding carboxylic acids is 2. The van der Waals surface area contributed by atoms with E-state index in [0.717, 1.165) is 10.9 Å². The van der Waals surface area contributed by atoms with Crippen LogP contribution >= 0.6 is 0 Å². The molecule has 1 heterocycles. The number of nitrogens with one attached hydrogen (secondary N) is 1. The van der Waals surface area contributed by atoms with Gasteiger partial charge in [0.2, 0.25) is 0 Å². The van der Waals surface area contributed by atoms with Crippen molar-refractivity contribution in [1.82, 2.24) is 4.57 Å². The van der Waals surface area contributed by atoms with E-state index < -0.39 is 16.0 Å². The molecule has 146 valence electrons. The van der Waals surface area contributed by atoms with Crippen LogP contribution in [-0.4, -0.2) is 31.8 Å². The number of aromatic nitrogens is 1. The van der Waals surface area contributed by atoms with E-state index in [1.54, 1.807) is 47.2 Å². The van der Waals surface area contributed by atoms with E-state index in [1.807, 2.05) is 6.07 Å². The largest absolute Gasteiger partial charge is 0.469 e. The van der Waals surface area contributed by atoms with Crippen LogP contribution in [0.25, 0.3) is 10.9 Å². The second kappa shape index (κ2) is 8.26. The highest BCUT2D eigenvalue weighted by molar-refractivity contribution is 7.92. The van der Waals surface area contributed by atoms with Crippen LogP contribution < -0.4 is 4.72 Å². The van der Waals surface area contributed by atoms with Gasteiger partial charge in [0.25, 0.3) is 10.0 Å². The van der Waals surface area contributed by atoms with Crippen molar-refractivity contribution in [3.8, 4) is 0 Å². The van der Waals surface area contributed by atoms with Gasteiger partial charge in [0.15, 0.2) is 5.78 Å². The fourth-order valence-corrected chi connectivity index (χ4v) is 3.88. The molecule has 0 spiro atoms. The summed E-state index contributed by atoms with van der Waals surface area (Å²) in [7, 11) is -2.42. The fraction of sp³-hybridized carbons (Fsp3) is 0.200. The summed E-state index contributed by atoms with van der Waals surface area (Å²) in [5, 5.41) is 0.878. The van der Waals surface area contributed by atoms with Crippen molar-refractivity contribution >= 4 is 38.4 Å². The Morgan fingerprint density at radius 2 is 1.79 bits per heavy atom. The van der Waals surface area contributed by atoms with Gasteiger partial charge in [-0.1, -0.05) is 24.3 Å². The quantitative estimate of drug-likeness (QED) is 0.587. The molecule has 1 N–H and O–H groups in total. The molecule has 0 unspecified atom stereocenters. The van der Waals surface area contributed by atoms with Crippen LogP contribution in [0.3, 0.4) is 0 Å². The number of Topliss-reactive ketones (excluding diaryl/α,β-unsaturated/α-hetero) is 1. The highest BCUT2D eigenvalue weighted by Crippen LogP contribution is 2.23. The lowest BCUT2D eigenvalue weighted by molar-refractivity contribution is -0.142. The van der Waals surface area contributed by atoms with Crippen LogP contribution in [0.5, 0.6) is 0 Å². The molecule has 0 amide bonds. The molecule has 1 aromatic heterocycles. The summed E-state index contributed by atoms with van der Waals surface area (Å²) in [6, 6.07) is 15.1. The zero-order valence-corrected chi connectivity index (χ0v) is 16.1. The van der Waals surface area contributed by atoms with E-state index in [-0.39, 0.29) is 30.1 Å². The summed E-state index contributed by atoms with van der Waals surface area (Å²) in [5.41, 5.74) is 1.12. The first-order valence-electron chi connectivity index (χ1n) is 8.64. The van der Waals surface area contributed by atoms with Gasteiger partial charge in [-0.25, -0.2) is 8.42 Å². The SMILES string of the molecule is COC(=O)CCC(=O)Cn1ccc2ccc(NS(=O)(=O)c3ccccc3)cc21. The van der Waals surface area contributed by atoms with E-state index in [9.17, 15) is 18.0 Å². The standard InChI is InChI=1S/C20H20N2O5S/c1-27-20(24)10-9-17(23)14-22-12-11-15-7-8-16(13-19(15)22)21-28(25,26)18-5-3-2-4-6-18/h2-8,11-13,21H,9-10,14H2,1H3. The van der Waals surface area contributed by atoms with Crippen molar-refractivity contribution in [2.75, 3.05) is 11.8 Å². The number of hydrogen-bond donors (Lipinski definition) is 1. The molecule has 3 rings (SSSR count). The fourth-order valence-electron chi connectivity index (χ4n) is 2.81. The molecule has 0 aliphatic carbocycles. The third-order valence-corrected chi connectivity index (χ3v) is 5.66. The van der Waals surface area contributed by atoms with Crippen LogP contribution in [0.2, 0.25) is 0 Å². The minimum atomic E-state index is -3.70. The average molecular weight is 400 g/mol. The lowest BCUT2D eigenvalue weighted by Gasteiger charge is -2.10. The summed E-state index contributed by atoms with van der Waals surface area (Å²) in [6.45, 7) is 0.0926. The molecule has 0 atom stereocenters. The molecule has 7 nitrogen and oxygen atoms in total. The maximum Gasteiger partial charge on any atom is 0.305 e. The number of anilines is 1.